The Morgan fingerprint density at radius 2 is 1.19 bits per heavy atom. The van der Waals surface area contributed by atoms with E-state index in [1.807, 2.05) is 0 Å². The summed E-state index contributed by atoms with van der Waals surface area (Å²) in [6.07, 6.45) is 19.9. The molecule has 26 heavy (non-hydrogen) atoms. The second-order valence-corrected chi connectivity index (χ2v) is 8.26. The molecule has 1 rings (SSSR count). The molecule has 1 saturated heterocycles. The van der Waals surface area contributed by atoms with Crippen LogP contribution in [-0.4, -0.2) is 11.9 Å². The average Bonchev–Trinajstić information content (AvgIpc) is 2.88. The van der Waals surface area contributed by atoms with E-state index in [1.54, 1.807) is 0 Å². The number of esters is 2. The van der Waals surface area contributed by atoms with Crippen molar-refractivity contribution in [3.63, 3.8) is 0 Å². The summed E-state index contributed by atoms with van der Waals surface area (Å²) in [5, 5.41) is 0. The van der Waals surface area contributed by atoms with E-state index in [0.29, 0.717) is 6.42 Å². The molecule has 1 unspecified atom stereocenters. The van der Waals surface area contributed by atoms with Gasteiger partial charge in [0.25, 0.3) is 0 Å². The molecule has 1 aliphatic rings. The van der Waals surface area contributed by atoms with E-state index in [0.717, 1.165) is 18.8 Å². The molecule has 0 N–H and O–H groups in total. The van der Waals surface area contributed by atoms with Crippen molar-refractivity contribution >= 4 is 11.9 Å². The maximum atomic E-state index is 11.3. The molecular formula is C22H40CrO3. The Morgan fingerprint density at radius 1 is 0.769 bits per heavy atom. The number of hydrogen-bond donors (Lipinski definition) is 0. The minimum Gasteiger partial charge on any atom is -0.393 e. The summed E-state index contributed by atoms with van der Waals surface area (Å²) >= 11 is 0. The number of unbranched alkanes of at least 4 members (excludes halogenated alkanes) is 12. The molecule has 1 atom stereocenters. The zero-order valence-corrected chi connectivity index (χ0v) is 18.4. The summed E-state index contributed by atoms with van der Waals surface area (Å²) in [5.74, 6) is 0.0665. The second kappa shape index (κ2) is 16.8. The average molecular weight is 405 g/mol. The van der Waals surface area contributed by atoms with Crippen LogP contribution in [0.5, 0.6) is 0 Å². The van der Waals surface area contributed by atoms with Crippen LogP contribution in [0.4, 0.5) is 0 Å². The molecule has 0 saturated carbocycles. The smallest absolute Gasteiger partial charge is 0.317 e. The van der Waals surface area contributed by atoms with Gasteiger partial charge in [-0.25, -0.2) is 0 Å². The van der Waals surface area contributed by atoms with Crippen molar-refractivity contribution in [2.24, 2.45) is 11.8 Å². The zero-order chi connectivity index (χ0) is 18.3. The SMILES string of the molecule is CC(C)CCCCCCCCCCCCCCCC1CC(=O)OC1=O.[Cr]. The van der Waals surface area contributed by atoms with Crippen LogP contribution in [0, 0.1) is 11.8 Å². The first-order chi connectivity index (χ1) is 12.1. The maximum Gasteiger partial charge on any atom is 0.317 e. The molecule has 0 bridgehead atoms. The zero-order valence-electron chi connectivity index (χ0n) is 17.1. The Bertz CT molecular complexity index is 368. The van der Waals surface area contributed by atoms with Crippen LogP contribution in [0.15, 0.2) is 0 Å². The molecule has 1 fully saturated rings. The Labute approximate surface area is 172 Å². The van der Waals surface area contributed by atoms with Crippen LogP contribution in [0.3, 0.4) is 0 Å². The summed E-state index contributed by atoms with van der Waals surface area (Å²) in [6, 6.07) is 0. The second-order valence-electron chi connectivity index (χ2n) is 8.26. The molecule has 0 aromatic rings. The van der Waals surface area contributed by atoms with Gasteiger partial charge in [0.15, 0.2) is 0 Å². The van der Waals surface area contributed by atoms with Crippen molar-refractivity contribution in [3.05, 3.63) is 0 Å². The number of cyclic esters (lactones) is 2. The molecule has 152 valence electrons. The number of ether oxygens (including phenoxy) is 1. The van der Waals surface area contributed by atoms with Crippen LogP contribution in [-0.2, 0) is 31.7 Å². The third-order valence-corrected chi connectivity index (χ3v) is 5.29. The predicted molar refractivity (Wildman–Crippen MR) is 103 cm³/mol. The first-order valence-electron chi connectivity index (χ1n) is 10.8. The predicted octanol–water partition coefficient (Wildman–Crippen LogP) is 6.58. The molecule has 4 heteroatoms. The van der Waals surface area contributed by atoms with Crippen molar-refractivity contribution in [2.75, 3.05) is 0 Å². The normalized spacial score (nSPS) is 16.8. The summed E-state index contributed by atoms with van der Waals surface area (Å²) in [6.45, 7) is 4.63. The van der Waals surface area contributed by atoms with Crippen LogP contribution in [0.25, 0.3) is 0 Å². The van der Waals surface area contributed by atoms with Crippen molar-refractivity contribution in [3.8, 4) is 0 Å². The standard InChI is InChI=1S/C22H40O3.Cr/c1-19(2)16-14-12-10-8-6-4-3-5-7-9-11-13-15-17-20-18-21(23)25-22(20)24;/h19-20H,3-18H2,1-2H3;. The van der Waals surface area contributed by atoms with Gasteiger partial charge in [0.05, 0.1) is 12.3 Å². The fraction of sp³-hybridized carbons (Fsp3) is 0.909. The number of carbonyl (C=O) groups excluding carboxylic acids is 2. The van der Waals surface area contributed by atoms with Crippen LogP contribution in [0.2, 0.25) is 0 Å². The Morgan fingerprint density at radius 3 is 1.58 bits per heavy atom. The molecule has 3 nitrogen and oxygen atoms in total. The van der Waals surface area contributed by atoms with Crippen molar-refractivity contribution in [2.45, 2.75) is 117 Å². The van der Waals surface area contributed by atoms with Gasteiger partial charge in [0, 0.05) is 17.4 Å². The van der Waals surface area contributed by atoms with Gasteiger partial charge in [-0.3, -0.25) is 9.59 Å². The summed E-state index contributed by atoms with van der Waals surface area (Å²) in [4.78, 5) is 22.3. The van der Waals surface area contributed by atoms with Gasteiger partial charge in [0.2, 0.25) is 0 Å². The monoisotopic (exact) mass is 404 g/mol. The summed E-state index contributed by atoms with van der Waals surface area (Å²) < 4.78 is 4.57. The van der Waals surface area contributed by atoms with Crippen molar-refractivity contribution in [1.82, 2.24) is 0 Å². The van der Waals surface area contributed by atoms with E-state index < -0.39 is 0 Å². The number of carbonyl (C=O) groups is 2. The van der Waals surface area contributed by atoms with Crippen LogP contribution in [0.1, 0.15) is 117 Å². The van der Waals surface area contributed by atoms with Gasteiger partial charge < -0.3 is 4.74 Å². The molecule has 0 aromatic carbocycles. The number of hydrogen-bond acceptors (Lipinski definition) is 3. The quantitative estimate of drug-likeness (QED) is 0.166. The molecule has 0 aromatic heterocycles. The minimum atomic E-state index is -0.342. The number of rotatable bonds is 16. The topological polar surface area (TPSA) is 43.4 Å². The van der Waals surface area contributed by atoms with Gasteiger partial charge in [-0.1, -0.05) is 104 Å². The van der Waals surface area contributed by atoms with Crippen molar-refractivity contribution < 1.29 is 31.7 Å². The van der Waals surface area contributed by atoms with Crippen LogP contribution >= 0.6 is 0 Å². The van der Waals surface area contributed by atoms with E-state index in [2.05, 4.69) is 18.6 Å². The van der Waals surface area contributed by atoms with E-state index in [4.69, 9.17) is 0 Å². The van der Waals surface area contributed by atoms with Gasteiger partial charge in [-0.2, -0.15) is 0 Å². The summed E-state index contributed by atoms with van der Waals surface area (Å²) in [7, 11) is 0. The summed E-state index contributed by atoms with van der Waals surface area (Å²) in [5.41, 5.74) is 0. The minimum absolute atomic E-state index is 0. The molecule has 1 heterocycles. The molecule has 0 aliphatic carbocycles. The fourth-order valence-electron chi connectivity index (χ4n) is 3.63. The molecule has 0 radical (unpaired) electrons. The van der Waals surface area contributed by atoms with Gasteiger partial charge >= 0.3 is 11.9 Å². The molecule has 0 spiro atoms. The van der Waals surface area contributed by atoms with E-state index >= 15 is 0 Å². The fourth-order valence-corrected chi connectivity index (χ4v) is 3.63. The molecule has 0 amide bonds. The molecule has 1 aliphatic heterocycles. The first kappa shape index (κ1) is 25.7. The van der Waals surface area contributed by atoms with E-state index in [9.17, 15) is 9.59 Å². The van der Waals surface area contributed by atoms with Gasteiger partial charge in [-0.05, 0) is 12.3 Å². The molecular weight excluding hydrogens is 364 g/mol. The third kappa shape index (κ3) is 13.8. The Kier molecular flexibility index (Phi) is 16.6. The van der Waals surface area contributed by atoms with Crippen LogP contribution < -0.4 is 0 Å². The maximum absolute atomic E-state index is 11.3. The van der Waals surface area contributed by atoms with Crippen molar-refractivity contribution in [1.29, 1.82) is 0 Å². The Hall–Kier alpha value is -0.328. The van der Waals surface area contributed by atoms with Gasteiger partial charge in [0.1, 0.15) is 0 Å². The van der Waals surface area contributed by atoms with E-state index in [-0.39, 0.29) is 35.2 Å². The van der Waals surface area contributed by atoms with E-state index in [1.165, 1.54) is 83.5 Å². The van der Waals surface area contributed by atoms with Gasteiger partial charge in [-0.15, -0.1) is 0 Å². The Balaban J connectivity index is 0.00000625. The first-order valence-corrected chi connectivity index (χ1v) is 10.8. The largest absolute Gasteiger partial charge is 0.393 e. The third-order valence-electron chi connectivity index (χ3n) is 5.29.